The van der Waals surface area contributed by atoms with E-state index in [1.54, 1.807) is 12.3 Å². The van der Waals surface area contributed by atoms with E-state index in [9.17, 15) is 39.5 Å². The standard InChI is InChI=1S/C29H28F9N7/c1-4-24(40-14-25-17(2)6-5-9-39-25)23-8-7-20(27(30,31)32)12-19(23)16-45(26-41-43-44(3)42-26)15-18-10-21(28(33,34)35)13-22(11-18)29(36,37)38/h5-13,24,40H,4,14-16H2,1-3H3. The van der Waals surface area contributed by atoms with E-state index in [0.29, 0.717) is 24.1 Å². The van der Waals surface area contributed by atoms with Gasteiger partial charge in [-0.25, -0.2) is 0 Å². The maximum Gasteiger partial charge on any atom is 0.416 e. The van der Waals surface area contributed by atoms with Crippen molar-refractivity contribution in [1.82, 2.24) is 30.5 Å². The van der Waals surface area contributed by atoms with E-state index in [-0.39, 0.29) is 24.1 Å². The zero-order chi connectivity index (χ0) is 33.2. The highest BCUT2D eigenvalue weighted by Crippen LogP contribution is 2.38. The number of hydrogen-bond donors (Lipinski definition) is 1. The van der Waals surface area contributed by atoms with Gasteiger partial charge in [-0.1, -0.05) is 24.2 Å². The van der Waals surface area contributed by atoms with Crippen molar-refractivity contribution in [3.05, 3.63) is 99.4 Å². The Morgan fingerprint density at radius 2 is 1.49 bits per heavy atom. The number of halogens is 9. The second-order valence-electron chi connectivity index (χ2n) is 10.4. The van der Waals surface area contributed by atoms with Crippen LogP contribution in [-0.4, -0.2) is 25.2 Å². The highest BCUT2D eigenvalue weighted by atomic mass is 19.4. The minimum Gasteiger partial charge on any atom is -0.330 e. The van der Waals surface area contributed by atoms with Gasteiger partial charge in [0.05, 0.1) is 29.4 Å². The zero-order valence-corrected chi connectivity index (χ0v) is 24.2. The van der Waals surface area contributed by atoms with Crippen LogP contribution >= 0.6 is 0 Å². The van der Waals surface area contributed by atoms with Crippen molar-refractivity contribution in [2.45, 2.75) is 64.5 Å². The van der Waals surface area contributed by atoms with E-state index in [1.165, 1.54) is 18.0 Å². The van der Waals surface area contributed by atoms with E-state index in [4.69, 9.17) is 0 Å². The molecule has 0 saturated carbocycles. The Balaban J connectivity index is 1.78. The molecule has 0 bridgehead atoms. The van der Waals surface area contributed by atoms with Gasteiger partial charge in [0.1, 0.15) is 0 Å². The average molecular weight is 646 g/mol. The van der Waals surface area contributed by atoms with Crippen LogP contribution in [0.25, 0.3) is 0 Å². The quantitative estimate of drug-likeness (QED) is 0.181. The molecule has 1 unspecified atom stereocenters. The summed E-state index contributed by atoms with van der Waals surface area (Å²) in [4.78, 5) is 6.51. The summed E-state index contributed by atoms with van der Waals surface area (Å²) in [6.45, 7) is 2.95. The first-order valence-corrected chi connectivity index (χ1v) is 13.6. The first-order chi connectivity index (χ1) is 21.0. The number of anilines is 1. The normalized spacial score (nSPS) is 13.2. The van der Waals surface area contributed by atoms with Crippen molar-refractivity contribution in [1.29, 1.82) is 0 Å². The number of benzene rings is 2. The van der Waals surface area contributed by atoms with Crippen molar-refractivity contribution in [3.8, 4) is 0 Å². The van der Waals surface area contributed by atoms with Crippen LogP contribution in [0.4, 0.5) is 45.5 Å². The summed E-state index contributed by atoms with van der Waals surface area (Å²) in [6, 6.07) is 7.36. The van der Waals surface area contributed by atoms with Crippen LogP contribution in [0.2, 0.25) is 0 Å². The van der Waals surface area contributed by atoms with Crippen LogP contribution in [0.5, 0.6) is 0 Å². The van der Waals surface area contributed by atoms with Gasteiger partial charge in [-0.3, -0.25) is 4.98 Å². The number of nitrogens with one attached hydrogen (secondary N) is 1. The van der Waals surface area contributed by atoms with Gasteiger partial charge in [-0.05, 0) is 77.2 Å². The molecule has 1 N–H and O–H groups in total. The van der Waals surface area contributed by atoms with E-state index in [2.05, 4.69) is 25.7 Å². The summed E-state index contributed by atoms with van der Waals surface area (Å²) in [6.07, 6.45) is -12.9. The topological polar surface area (TPSA) is 71.8 Å². The number of rotatable bonds is 10. The molecule has 242 valence electrons. The molecule has 7 nitrogen and oxygen atoms in total. The minimum absolute atomic E-state index is 0.000143. The second kappa shape index (κ2) is 13.0. The minimum atomic E-state index is -5.09. The third-order valence-electron chi connectivity index (χ3n) is 7.05. The molecule has 4 aromatic rings. The average Bonchev–Trinajstić information content (AvgIpc) is 3.39. The fraction of sp³-hybridized carbons (Fsp3) is 0.379. The molecule has 2 heterocycles. The summed E-state index contributed by atoms with van der Waals surface area (Å²) >= 11 is 0. The molecular formula is C29H28F9N7. The summed E-state index contributed by atoms with van der Waals surface area (Å²) in [5.74, 6) is -0.211. The molecule has 45 heavy (non-hydrogen) atoms. The van der Waals surface area contributed by atoms with Crippen LogP contribution in [-0.2, 0) is 45.2 Å². The van der Waals surface area contributed by atoms with Crippen molar-refractivity contribution in [3.63, 3.8) is 0 Å². The molecular weight excluding hydrogens is 617 g/mol. The zero-order valence-electron chi connectivity index (χ0n) is 24.2. The molecule has 1 atom stereocenters. The van der Waals surface area contributed by atoms with E-state index in [1.807, 2.05) is 19.9 Å². The van der Waals surface area contributed by atoms with Crippen LogP contribution in [0.1, 0.15) is 64.0 Å². The number of pyridine rings is 1. The van der Waals surface area contributed by atoms with Gasteiger partial charge in [-0.15, -0.1) is 5.10 Å². The molecule has 0 saturated heterocycles. The number of alkyl halides is 9. The van der Waals surface area contributed by atoms with Crippen LogP contribution < -0.4 is 10.2 Å². The molecule has 4 rings (SSSR count). The van der Waals surface area contributed by atoms with E-state index < -0.39 is 59.9 Å². The Morgan fingerprint density at radius 3 is 2.02 bits per heavy atom. The van der Waals surface area contributed by atoms with E-state index in [0.717, 1.165) is 28.2 Å². The number of hydrogen-bond acceptors (Lipinski definition) is 6. The Morgan fingerprint density at radius 1 is 0.844 bits per heavy atom. The Labute approximate surface area is 252 Å². The largest absolute Gasteiger partial charge is 0.416 e. The van der Waals surface area contributed by atoms with Gasteiger partial charge in [0.25, 0.3) is 5.95 Å². The molecule has 0 spiro atoms. The van der Waals surface area contributed by atoms with Gasteiger partial charge < -0.3 is 10.2 Å². The lowest BCUT2D eigenvalue weighted by atomic mass is 9.95. The lowest BCUT2D eigenvalue weighted by molar-refractivity contribution is -0.143. The van der Waals surface area contributed by atoms with Crippen LogP contribution in [0.15, 0.2) is 54.7 Å². The molecule has 0 fully saturated rings. The molecule has 2 aromatic heterocycles. The first-order valence-electron chi connectivity index (χ1n) is 13.6. The number of tetrazole rings is 1. The summed E-state index contributed by atoms with van der Waals surface area (Å²) in [5, 5.41) is 14.9. The summed E-state index contributed by atoms with van der Waals surface area (Å²) in [7, 11) is 1.38. The predicted octanol–water partition coefficient (Wildman–Crippen LogP) is 7.42. The van der Waals surface area contributed by atoms with Crippen molar-refractivity contribution in [2.24, 2.45) is 7.05 Å². The Hall–Kier alpha value is -4.21. The fourth-order valence-corrected chi connectivity index (χ4v) is 4.79. The SMILES string of the molecule is CCC(NCc1ncccc1C)c1ccc(C(F)(F)F)cc1CN(Cc1cc(C(F)(F)F)cc(C(F)(F)F)c1)c1nnn(C)n1. The molecule has 0 amide bonds. The highest BCUT2D eigenvalue weighted by molar-refractivity contribution is 5.42. The van der Waals surface area contributed by atoms with Crippen molar-refractivity contribution >= 4 is 5.95 Å². The molecule has 0 aliphatic heterocycles. The third kappa shape index (κ3) is 8.49. The first kappa shape index (κ1) is 33.7. The van der Waals surface area contributed by atoms with Crippen molar-refractivity contribution in [2.75, 3.05) is 4.90 Å². The predicted molar refractivity (Wildman–Crippen MR) is 145 cm³/mol. The fourth-order valence-electron chi connectivity index (χ4n) is 4.79. The smallest absolute Gasteiger partial charge is 0.330 e. The molecule has 16 heteroatoms. The summed E-state index contributed by atoms with van der Waals surface area (Å²) < 4.78 is 123. The molecule has 2 aromatic carbocycles. The molecule has 0 radical (unpaired) electrons. The van der Waals surface area contributed by atoms with Gasteiger partial charge in [0, 0.05) is 31.9 Å². The Bertz CT molecular complexity index is 1580. The number of aromatic nitrogens is 5. The molecule has 0 aliphatic rings. The summed E-state index contributed by atoms with van der Waals surface area (Å²) in [5.41, 5.74) is -2.29. The maximum absolute atomic E-state index is 13.8. The monoisotopic (exact) mass is 645 g/mol. The second-order valence-corrected chi connectivity index (χ2v) is 10.4. The van der Waals surface area contributed by atoms with Gasteiger partial charge in [0.15, 0.2) is 0 Å². The van der Waals surface area contributed by atoms with Crippen molar-refractivity contribution < 1.29 is 39.5 Å². The van der Waals surface area contributed by atoms with Crippen LogP contribution in [0.3, 0.4) is 0 Å². The number of nitrogens with zero attached hydrogens (tertiary/aromatic N) is 6. The highest BCUT2D eigenvalue weighted by Gasteiger charge is 2.37. The lowest BCUT2D eigenvalue weighted by Crippen LogP contribution is -2.28. The van der Waals surface area contributed by atoms with Gasteiger partial charge in [0.2, 0.25) is 0 Å². The number of aryl methyl sites for hydroxylation is 2. The Kier molecular flexibility index (Phi) is 9.75. The van der Waals surface area contributed by atoms with Gasteiger partial charge in [-0.2, -0.15) is 44.3 Å². The molecule has 0 aliphatic carbocycles. The van der Waals surface area contributed by atoms with Gasteiger partial charge >= 0.3 is 18.5 Å². The van der Waals surface area contributed by atoms with E-state index >= 15 is 0 Å². The lowest BCUT2D eigenvalue weighted by Gasteiger charge is -2.27. The maximum atomic E-state index is 13.8. The van der Waals surface area contributed by atoms with Crippen LogP contribution in [0, 0.1) is 6.92 Å². The third-order valence-corrected chi connectivity index (χ3v) is 7.05.